The number of rotatable bonds is 3. The van der Waals surface area contributed by atoms with E-state index < -0.39 is 6.10 Å². The quantitative estimate of drug-likeness (QED) is 0.802. The number of aliphatic hydroxyl groups excluding tert-OH is 1. The highest BCUT2D eigenvalue weighted by Crippen LogP contribution is 2.23. The fourth-order valence-electron chi connectivity index (χ4n) is 1.65. The molecule has 0 bridgehead atoms. The second-order valence-electron chi connectivity index (χ2n) is 3.66. The first-order valence-electron chi connectivity index (χ1n) is 5.20. The molecule has 82 valence electrons. The SMILES string of the molecule is O[C@H](CCl)c1cccc(-c2ccccc2)c1. The minimum Gasteiger partial charge on any atom is -0.387 e. The predicted octanol–water partition coefficient (Wildman–Crippen LogP) is 3.63. The second kappa shape index (κ2) is 5.15. The molecule has 0 aliphatic heterocycles. The molecule has 1 N–H and O–H groups in total. The zero-order valence-corrected chi connectivity index (χ0v) is 9.56. The fraction of sp³-hybridized carbons (Fsp3) is 0.143. The summed E-state index contributed by atoms with van der Waals surface area (Å²) in [5.74, 6) is 0.220. The first kappa shape index (κ1) is 11.2. The smallest absolute Gasteiger partial charge is 0.0925 e. The topological polar surface area (TPSA) is 20.2 Å². The van der Waals surface area contributed by atoms with Crippen molar-refractivity contribution in [3.8, 4) is 11.1 Å². The van der Waals surface area contributed by atoms with Gasteiger partial charge in [0, 0.05) is 0 Å². The molecule has 0 unspecified atom stereocenters. The zero-order chi connectivity index (χ0) is 11.4. The van der Waals surface area contributed by atoms with Gasteiger partial charge in [0.25, 0.3) is 0 Å². The average Bonchev–Trinajstić information content (AvgIpc) is 2.39. The molecule has 2 heteroatoms. The van der Waals surface area contributed by atoms with Gasteiger partial charge in [0.2, 0.25) is 0 Å². The van der Waals surface area contributed by atoms with Crippen molar-refractivity contribution in [2.75, 3.05) is 5.88 Å². The largest absolute Gasteiger partial charge is 0.387 e. The van der Waals surface area contributed by atoms with Crippen molar-refractivity contribution in [2.45, 2.75) is 6.10 Å². The standard InChI is InChI=1S/C14H13ClO/c15-10-14(16)13-8-4-7-12(9-13)11-5-2-1-3-6-11/h1-9,14,16H,10H2/t14-/m1/s1. The average molecular weight is 233 g/mol. The molecule has 2 rings (SSSR count). The van der Waals surface area contributed by atoms with Gasteiger partial charge in [-0.3, -0.25) is 0 Å². The number of hydrogen-bond donors (Lipinski definition) is 1. The maximum absolute atomic E-state index is 9.67. The molecular formula is C14H13ClO. The van der Waals surface area contributed by atoms with Crippen LogP contribution >= 0.6 is 11.6 Å². The van der Waals surface area contributed by atoms with E-state index in [9.17, 15) is 5.11 Å². The minimum atomic E-state index is -0.592. The Morgan fingerprint density at radius 3 is 2.31 bits per heavy atom. The molecule has 0 aromatic heterocycles. The summed E-state index contributed by atoms with van der Waals surface area (Å²) >= 11 is 5.63. The van der Waals surface area contributed by atoms with Gasteiger partial charge in [-0.25, -0.2) is 0 Å². The summed E-state index contributed by atoms with van der Waals surface area (Å²) in [5, 5.41) is 9.67. The van der Waals surface area contributed by atoms with E-state index >= 15 is 0 Å². The van der Waals surface area contributed by atoms with Crippen LogP contribution in [0.15, 0.2) is 54.6 Å². The van der Waals surface area contributed by atoms with Crippen molar-refractivity contribution in [3.05, 3.63) is 60.2 Å². The molecule has 0 spiro atoms. The Bertz CT molecular complexity index is 453. The molecule has 0 fully saturated rings. The van der Waals surface area contributed by atoms with Crippen molar-refractivity contribution < 1.29 is 5.11 Å². The lowest BCUT2D eigenvalue weighted by Gasteiger charge is -2.09. The molecule has 2 aromatic carbocycles. The van der Waals surface area contributed by atoms with E-state index in [1.165, 1.54) is 0 Å². The van der Waals surface area contributed by atoms with Gasteiger partial charge >= 0.3 is 0 Å². The van der Waals surface area contributed by atoms with E-state index in [1.807, 2.05) is 54.6 Å². The number of halogens is 1. The van der Waals surface area contributed by atoms with Gasteiger partial charge in [-0.1, -0.05) is 48.5 Å². The summed E-state index contributed by atoms with van der Waals surface area (Å²) in [5.41, 5.74) is 3.10. The molecule has 0 saturated carbocycles. The van der Waals surface area contributed by atoms with E-state index in [2.05, 4.69) is 0 Å². The third-order valence-electron chi connectivity index (χ3n) is 2.52. The van der Waals surface area contributed by atoms with Gasteiger partial charge in [-0.15, -0.1) is 11.6 Å². The lowest BCUT2D eigenvalue weighted by molar-refractivity contribution is 0.202. The number of alkyl halides is 1. The molecule has 1 atom stereocenters. The third kappa shape index (κ3) is 2.43. The van der Waals surface area contributed by atoms with Crippen LogP contribution < -0.4 is 0 Å². The van der Waals surface area contributed by atoms with E-state index in [1.54, 1.807) is 0 Å². The fourth-order valence-corrected chi connectivity index (χ4v) is 1.82. The Morgan fingerprint density at radius 1 is 0.938 bits per heavy atom. The van der Waals surface area contributed by atoms with Crippen LogP contribution in [0.2, 0.25) is 0 Å². The van der Waals surface area contributed by atoms with Gasteiger partial charge in [0.15, 0.2) is 0 Å². The Balaban J connectivity index is 2.36. The van der Waals surface area contributed by atoms with Crippen molar-refractivity contribution >= 4 is 11.6 Å². The zero-order valence-electron chi connectivity index (χ0n) is 8.81. The molecule has 1 nitrogen and oxygen atoms in total. The van der Waals surface area contributed by atoms with Crippen molar-refractivity contribution in [2.24, 2.45) is 0 Å². The molecule has 0 aliphatic carbocycles. The Labute approximate surface area is 100 Å². The molecule has 0 radical (unpaired) electrons. The van der Waals surface area contributed by atoms with E-state index in [4.69, 9.17) is 11.6 Å². The maximum atomic E-state index is 9.67. The second-order valence-corrected chi connectivity index (χ2v) is 3.97. The highest BCUT2D eigenvalue weighted by Gasteiger charge is 2.06. The lowest BCUT2D eigenvalue weighted by Crippen LogP contribution is -1.98. The predicted molar refractivity (Wildman–Crippen MR) is 67.6 cm³/mol. The Hall–Kier alpha value is -1.31. The Morgan fingerprint density at radius 2 is 1.62 bits per heavy atom. The lowest BCUT2D eigenvalue weighted by atomic mass is 10.0. The van der Waals surface area contributed by atoms with Crippen LogP contribution in [0.25, 0.3) is 11.1 Å². The van der Waals surface area contributed by atoms with Crippen LogP contribution in [0, 0.1) is 0 Å². The summed E-state index contributed by atoms with van der Waals surface area (Å²) in [6, 6.07) is 17.9. The summed E-state index contributed by atoms with van der Waals surface area (Å²) in [4.78, 5) is 0. The number of benzene rings is 2. The van der Waals surface area contributed by atoms with Crippen LogP contribution in [-0.2, 0) is 0 Å². The first-order chi connectivity index (χ1) is 7.81. The molecule has 16 heavy (non-hydrogen) atoms. The van der Waals surface area contributed by atoms with Crippen LogP contribution in [0.5, 0.6) is 0 Å². The monoisotopic (exact) mass is 232 g/mol. The van der Waals surface area contributed by atoms with Gasteiger partial charge in [-0.2, -0.15) is 0 Å². The third-order valence-corrected chi connectivity index (χ3v) is 2.82. The van der Waals surface area contributed by atoms with Crippen LogP contribution in [-0.4, -0.2) is 11.0 Å². The van der Waals surface area contributed by atoms with Crippen LogP contribution in [0.1, 0.15) is 11.7 Å². The van der Waals surface area contributed by atoms with Gasteiger partial charge < -0.3 is 5.11 Å². The van der Waals surface area contributed by atoms with Gasteiger partial charge in [0.05, 0.1) is 12.0 Å². The molecular weight excluding hydrogens is 220 g/mol. The van der Waals surface area contributed by atoms with Crippen molar-refractivity contribution in [1.29, 1.82) is 0 Å². The number of hydrogen-bond acceptors (Lipinski definition) is 1. The summed E-state index contributed by atoms with van der Waals surface area (Å²) < 4.78 is 0. The van der Waals surface area contributed by atoms with Crippen molar-refractivity contribution in [1.82, 2.24) is 0 Å². The summed E-state index contributed by atoms with van der Waals surface area (Å²) in [7, 11) is 0. The molecule has 2 aromatic rings. The van der Waals surface area contributed by atoms with Crippen LogP contribution in [0.3, 0.4) is 0 Å². The molecule has 0 amide bonds. The minimum absolute atomic E-state index is 0.220. The summed E-state index contributed by atoms with van der Waals surface area (Å²) in [6.45, 7) is 0. The molecule has 0 heterocycles. The van der Waals surface area contributed by atoms with Gasteiger partial charge in [0.1, 0.15) is 0 Å². The maximum Gasteiger partial charge on any atom is 0.0925 e. The van der Waals surface area contributed by atoms with Crippen molar-refractivity contribution in [3.63, 3.8) is 0 Å². The Kier molecular flexibility index (Phi) is 3.60. The number of aliphatic hydroxyl groups is 1. The summed E-state index contributed by atoms with van der Waals surface area (Å²) in [6.07, 6.45) is -0.592. The van der Waals surface area contributed by atoms with Gasteiger partial charge in [-0.05, 0) is 22.8 Å². The highest BCUT2D eigenvalue weighted by molar-refractivity contribution is 6.18. The first-order valence-corrected chi connectivity index (χ1v) is 5.74. The van der Waals surface area contributed by atoms with E-state index in [0.29, 0.717) is 0 Å². The highest BCUT2D eigenvalue weighted by atomic mass is 35.5. The molecule has 0 aliphatic rings. The normalized spacial score (nSPS) is 12.4. The molecule has 0 saturated heterocycles. The van der Waals surface area contributed by atoms with E-state index in [-0.39, 0.29) is 5.88 Å². The van der Waals surface area contributed by atoms with E-state index in [0.717, 1.165) is 16.7 Å². The van der Waals surface area contributed by atoms with Crippen LogP contribution in [0.4, 0.5) is 0 Å².